The van der Waals surface area contributed by atoms with E-state index in [-0.39, 0.29) is 0 Å². The molecule has 58 heavy (non-hydrogen) atoms. The van der Waals surface area contributed by atoms with Crippen LogP contribution in [-0.2, 0) is 5.41 Å². The van der Waals surface area contributed by atoms with E-state index < -0.39 is 5.41 Å². The van der Waals surface area contributed by atoms with Gasteiger partial charge in [0.25, 0.3) is 0 Å². The zero-order valence-electron chi connectivity index (χ0n) is 31.2. The number of fused-ring (bicyclic) bond motifs is 9. The van der Waals surface area contributed by atoms with Gasteiger partial charge >= 0.3 is 0 Å². The molecule has 1 aliphatic carbocycles. The van der Waals surface area contributed by atoms with Crippen molar-refractivity contribution in [1.82, 2.24) is 15.0 Å². The molecule has 0 bridgehead atoms. The summed E-state index contributed by atoms with van der Waals surface area (Å²) >= 11 is 0. The van der Waals surface area contributed by atoms with Crippen LogP contribution in [0.25, 0.3) is 72.4 Å². The minimum Gasteiger partial charge on any atom is -0.457 e. The lowest BCUT2D eigenvalue weighted by Crippen LogP contribution is -2.32. The molecule has 0 amide bonds. The number of nitrogens with zero attached hydrogens (tertiary/aromatic N) is 4. The molecular weight excluding hydrogens is 709 g/mol. The number of rotatable bonds is 5. The molecule has 2 aliphatic rings. The number of hydrogen-bond acceptors (Lipinski definition) is 4. The van der Waals surface area contributed by atoms with E-state index in [1.54, 1.807) is 0 Å². The summed E-state index contributed by atoms with van der Waals surface area (Å²) in [6.07, 6.45) is 0. The van der Waals surface area contributed by atoms with Crippen molar-refractivity contribution in [3.8, 4) is 79.0 Å². The van der Waals surface area contributed by atoms with Gasteiger partial charge in [0.05, 0.1) is 12.0 Å². The molecule has 0 saturated heterocycles. The molecule has 11 rings (SSSR count). The largest absolute Gasteiger partial charge is 0.457 e. The average Bonchev–Trinajstić information content (AvgIpc) is 3.59. The van der Waals surface area contributed by atoms with Crippen LogP contribution in [0.1, 0.15) is 22.3 Å². The van der Waals surface area contributed by atoms with Gasteiger partial charge in [-0.25, -0.2) is 19.8 Å². The van der Waals surface area contributed by atoms with Crippen LogP contribution in [0, 0.1) is 6.57 Å². The van der Waals surface area contributed by atoms with Gasteiger partial charge in [-0.2, -0.15) is 0 Å². The Kier molecular flexibility index (Phi) is 7.70. The molecule has 9 aromatic rings. The van der Waals surface area contributed by atoms with E-state index in [2.05, 4.69) is 120 Å². The van der Waals surface area contributed by atoms with E-state index >= 15 is 0 Å². The summed E-state index contributed by atoms with van der Waals surface area (Å²) in [4.78, 5) is 18.6. The Morgan fingerprint density at radius 3 is 1.41 bits per heavy atom. The van der Waals surface area contributed by atoms with Crippen molar-refractivity contribution < 1.29 is 4.74 Å². The molecule has 0 fully saturated rings. The first kappa shape index (κ1) is 33.4. The monoisotopic (exact) mass is 740 g/mol. The quantitative estimate of drug-likeness (QED) is 0.165. The molecule has 2 heterocycles. The summed E-state index contributed by atoms with van der Waals surface area (Å²) in [5.74, 6) is 3.57. The van der Waals surface area contributed by atoms with Crippen molar-refractivity contribution in [2.45, 2.75) is 5.41 Å². The minimum atomic E-state index is -0.525. The maximum absolute atomic E-state index is 7.42. The molecule has 0 N–H and O–H groups in total. The van der Waals surface area contributed by atoms with Gasteiger partial charge in [0.2, 0.25) is 0 Å². The third-order valence-electron chi connectivity index (χ3n) is 11.4. The predicted octanol–water partition coefficient (Wildman–Crippen LogP) is 13.2. The maximum atomic E-state index is 7.42. The normalized spacial score (nSPS) is 12.7. The highest BCUT2D eigenvalue weighted by Gasteiger charge is 2.51. The van der Waals surface area contributed by atoms with Gasteiger partial charge in [-0.05, 0) is 68.8 Å². The third-order valence-corrected chi connectivity index (χ3v) is 11.4. The number of hydrogen-bond donors (Lipinski definition) is 0. The van der Waals surface area contributed by atoms with Gasteiger partial charge in [0.15, 0.2) is 23.2 Å². The minimum absolute atomic E-state index is 0.525. The van der Waals surface area contributed by atoms with E-state index in [1.165, 1.54) is 22.3 Å². The first-order valence-electron chi connectivity index (χ1n) is 19.3. The molecule has 1 aromatic heterocycles. The number of para-hydroxylation sites is 2. The van der Waals surface area contributed by atoms with Crippen molar-refractivity contribution >= 4 is 5.69 Å². The highest BCUT2D eigenvalue weighted by molar-refractivity contribution is 5.90. The summed E-state index contributed by atoms with van der Waals surface area (Å²) in [6, 6.07) is 67.0. The Labute approximate surface area is 336 Å². The van der Waals surface area contributed by atoms with E-state index in [0.717, 1.165) is 61.6 Å². The van der Waals surface area contributed by atoms with Crippen LogP contribution < -0.4 is 4.74 Å². The number of ether oxygens (including phenoxy) is 1. The second-order valence-electron chi connectivity index (χ2n) is 14.6. The van der Waals surface area contributed by atoms with Gasteiger partial charge in [0, 0.05) is 27.8 Å². The second-order valence-corrected chi connectivity index (χ2v) is 14.6. The fourth-order valence-corrected chi connectivity index (χ4v) is 8.76. The average molecular weight is 741 g/mol. The van der Waals surface area contributed by atoms with Crippen LogP contribution in [0.3, 0.4) is 0 Å². The molecule has 0 atom stereocenters. The second kappa shape index (κ2) is 13.4. The van der Waals surface area contributed by atoms with Crippen molar-refractivity contribution in [1.29, 1.82) is 0 Å². The summed E-state index contributed by atoms with van der Waals surface area (Å²) in [6.45, 7) is 7.42. The zero-order chi connectivity index (χ0) is 38.6. The standard InChI is InChI=1S/C53H32N4O/c1-54-41-15-11-14-39(32-41)34-22-26-37(27-23-34)51-55-50(36-12-3-2-4-13-36)56-52(57-51)38-28-24-35(25-29-38)40-30-31-43-42-16-5-6-17-44(42)53(47(43)33-40)45-18-7-9-20-48(45)58-49-21-10-8-19-46(49)53/h2-33H. The molecule has 1 spiro atoms. The summed E-state index contributed by atoms with van der Waals surface area (Å²) in [5.41, 5.74) is 14.3. The van der Waals surface area contributed by atoms with E-state index in [9.17, 15) is 0 Å². The summed E-state index contributed by atoms with van der Waals surface area (Å²) < 4.78 is 6.54. The lowest BCUT2D eigenvalue weighted by molar-refractivity contribution is 0.436. The summed E-state index contributed by atoms with van der Waals surface area (Å²) in [7, 11) is 0. The summed E-state index contributed by atoms with van der Waals surface area (Å²) in [5, 5.41) is 0. The van der Waals surface area contributed by atoms with Crippen LogP contribution in [0.2, 0.25) is 0 Å². The molecule has 8 aromatic carbocycles. The third kappa shape index (κ3) is 5.27. The Balaban J connectivity index is 0.999. The fourth-order valence-electron chi connectivity index (χ4n) is 8.76. The highest BCUT2D eigenvalue weighted by atomic mass is 16.5. The molecule has 1 aliphatic heterocycles. The molecule has 0 radical (unpaired) electrons. The topological polar surface area (TPSA) is 52.3 Å². The van der Waals surface area contributed by atoms with Crippen molar-refractivity contribution in [3.05, 3.63) is 228 Å². The lowest BCUT2D eigenvalue weighted by Gasteiger charge is -2.39. The number of aromatic nitrogens is 3. The lowest BCUT2D eigenvalue weighted by atomic mass is 9.66. The van der Waals surface area contributed by atoms with Gasteiger partial charge < -0.3 is 4.74 Å². The van der Waals surface area contributed by atoms with Gasteiger partial charge in [0.1, 0.15) is 11.5 Å². The molecular formula is C53H32N4O. The van der Waals surface area contributed by atoms with E-state index in [1.807, 2.05) is 78.9 Å². The number of benzene rings is 8. The van der Waals surface area contributed by atoms with E-state index in [0.29, 0.717) is 23.2 Å². The van der Waals surface area contributed by atoms with E-state index in [4.69, 9.17) is 26.3 Å². The molecule has 5 nitrogen and oxygen atoms in total. The first-order chi connectivity index (χ1) is 28.7. The molecule has 0 saturated carbocycles. The van der Waals surface area contributed by atoms with Gasteiger partial charge in [-0.1, -0.05) is 170 Å². The van der Waals surface area contributed by atoms with Gasteiger partial charge in [-0.15, -0.1) is 0 Å². The Morgan fingerprint density at radius 2 is 0.810 bits per heavy atom. The van der Waals surface area contributed by atoms with Crippen molar-refractivity contribution in [2.24, 2.45) is 0 Å². The van der Waals surface area contributed by atoms with Crippen LogP contribution in [0.4, 0.5) is 5.69 Å². The zero-order valence-corrected chi connectivity index (χ0v) is 31.2. The highest BCUT2D eigenvalue weighted by Crippen LogP contribution is 2.62. The van der Waals surface area contributed by atoms with Gasteiger partial charge in [-0.3, -0.25) is 0 Å². The van der Waals surface area contributed by atoms with Crippen LogP contribution in [-0.4, -0.2) is 15.0 Å². The maximum Gasteiger partial charge on any atom is 0.187 e. The smallest absolute Gasteiger partial charge is 0.187 e. The Morgan fingerprint density at radius 1 is 0.362 bits per heavy atom. The van der Waals surface area contributed by atoms with Crippen LogP contribution in [0.5, 0.6) is 11.5 Å². The van der Waals surface area contributed by atoms with Crippen molar-refractivity contribution in [2.75, 3.05) is 0 Å². The van der Waals surface area contributed by atoms with Crippen molar-refractivity contribution in [3.63, 3.8) is 0 Å². The predicted molar refractivity (Wildman–Crippen MR) is 231 cm³/mol. The molecule has 0 unspecified atom stereocenters. The Hall–Kier alpha value is -7.94. The fraction of sp³-hybridized carbons (Fsp3) is 0.0189. The SMILES string of the molecule is [C-]#[N+]c1cccc(-c2ccc(-c3nc(-c4ccccc4)nc(-c4ccc(-c5ccc6c(c5)C5(c7ccccc7Oc7ccccc75)c5ccccc5-6)cc4)n3)cc2)c1. The molecule has 270 valence electrons. The molecule has 5 heteroatoms. The van der Waals surface area contributed by atoms with Crippen LogP contribution >= 0.6 is 0 Å². The van der Waals surface area contributed by atoms with Crippen LogP contribution in [0.15, 0.2) is 194 Å². The Bertz CT molecular complexity index is 3050. The first-order valence-corrected chi connectivity index (χ1v) is 19.3.